The maximum Gasteiger partial charge on any atom is 4.00 e. The van der Waals surface area contributed by atoms with Gasteiger partial charge in [-0.15, -0.1) is 17.2 Å². The molecule has 0 aromatic heterocycles. The summed E-state index contributed by atoms with van der Waals surface area (Å²) in [5.74, 6) is 0.215. The van der Waals surface area contributed by atoms with Crippen LogP contribution in [0.1, 0.15) is 6.92 Å². The van der Waals surface area contributed by atoms with Crippen LogP contribution in [0.15, 0.2) is 133 Å². The number of hydrogen-bond acceptors (Lipinski definition) is 3. The van der Waals surface area contributed by atoms with Gasteiger partial charge in [-0.3, -0.25) is 6.58 Å². The first-order chi connectivity index (χ1) is 17.8. The summed E-state index contributed by atoms with van der Waals surface area (Å²) in [6.07, 6.45) is 9.61. The molecule has 206 valence electrons. The first-order valence-corrected chi connectivity index (χ1v) is 19.7. The van der Waals surface area contributed by atoms with Crippen molar-refractivity contribution in [2.45, 2.75) is 46.2 Å². The van der Waals surface area contributed by atoms with Gasteiger partial charge in [0, 0.05) is 0 Å². The van der Waals surface area contributed by atoms with E-state index in [9.17, 15) is 15.3 Å². The van der Waals surface area contributed by atoms with Crippen molar-refractivity contribution in [3.05, 3.63) is 139 Å². The summed E-state index contributed by atoms with van der Waals surface area (Å²) in [6.45, 7) is 21.0. The van der Waals surface area contributed by atoms with Crippen LogP contribution in [-0.2, 0) is 21.7 Å². The minimum absolute atomic E-state index is 0. The number of hydrogen-bond donors (Lipinski definition) is 0. The van der Waals surface area contributed by atoms with Crippen molar-refractivity contribution >= 4 is 16.1 Å². The Morgan fingerprint density at radius 1 is 0.513 bits per heavy atom. The summed E-state index contributed by atoms with van der Waals surface area (Å²) in [4.78, 5) is 0. The molecule has 3 aromatic carbocycles. The summed E-state index contributed by atoms with van der Waals surface area (Å²) in [6, 6.07) is 25.0. The Bertz CT molecular complexity index is 912. The molecule has 0 atom stereocenters. The molecule has 0 heterocycles. The van der Waals surface area contributed by atoms with Gasteiger partial charge in [-0.2, -0.15) is 6.08 Å². The molecule has 0 N–H and O–H groups in total. The van der Waals surface area contributed by atoms with E-state index in [0.29, 0.717) is 0 Å². The molecular weight excluding hydrogens is 548 g/mol. The van der Waals surface area contributed by atoms with Crippen LogP contribution in [0.2, 0.25) is 39.3 Å². The topological polar surface area (TPSA) is 69.2 Å². The molecule has 0 aliphatic carbocycles. The van der Waals surface area contributed by atoms with Crippen molar-refractivity contribution in [1.82, 2.24) is 0 Å². The molecule has 3 rings (SSSR count). The molecule has 3 aromatic rings. The number of para-hydroxylation sites is 3. The molecule has 0 saturated heterocycles. The predicted octanol–water partition coefficient (Wildman–Crippen LogP) is 7.68. The van der Waals surface area contributed by atoms with Crippen LogP contribution in [0, 0.1) is 6.58 Å². The molecule has 0 bridgehead atoms. The smallest absolute Gasteiger partial charge is 0.872 e. The molecule has 0 saturated carbocycles. The van der Waals surface area contributed by atoms with Crippen LogP contribution in [0.25, 0.3) is 0 Å². The van der Waals surface area contributed by atoms with E-state index in [1.807, 2.05) is 31.2 Å². The monoisotopic (exact) mass is 592 g/mol. The van der Waals surface area contributed by atoms with E-state index in [-0.39, 0.29) is 39.0 Å². The molecule has 0 unspecified atom stereocenters. The van der Waals surface area contributed by atoms with Gasteiger partial charge in [0.2, 0.25) is 0 Å². The second-order valence-corrected chi connectivity index (χ2v) is 20.2. The zero-order chi connectivity index (χ0) is 29.3. The van der Waals surface area contributed by atoms with Gasteiger partial charge in [0.05, 0.1) is 16.1 Å². The Hall–Kier alpha value is -2.83. The van der Waals surface area contributed by atoms with Crippen LogP contribution in [0.5, 0.6) is 17.2 Å². The Morgan fingerprint density at radius 2 is 0.769 bits per heavy atom. The van der Waals surface area contributed by atoms with E-state index in [1.54, 1.807) is 42.5 Å². The minimum Gasteiger partial charge on any atom is -0.872 e. The molecule has 0 fully saturated rings. The van der Waals surface area contributed by atoms with Crippen molar-refractivity contribution in [2.75, 3.05) is 0 Å². The Labute approximate surface area is 254 Å². The molecule has 3 nitrogen and oxygen atoms in total. The third-order valence-corrected chi connectivity index (χ3v) is 6.22. The first kappa shape index (κ1) is 40.7. The van der Waals surface area contributed by atoms with Crippen LogP contribution in [0.3, 0.4) is 0 Å². The van der Waals surface area contributed by atoms with E-state index in [2.05, 4.69) is 62.8 Å². The minimum atomic E-state index is -0.970. The molecular formula is C33H44O3Si2Ti. The quantitative estimate of drug-likeness (QED) is 0.177. The van der Waals surface area contributed by atoms with E-state index < -0.39 is 16.1 Å². The van der Waals surface area contributed by atoms with Gasteiger partial charge < -0.3 is 15.3 Å². The van der Waals surface area contributed by atoms with Crippen molar-refractivity contribution in [3.8, 4) is 17.2 Å². The average molecular weight is 593 g/mol. The third-order valence-electron chi connectivity index (χ3n) is 3.84. The Kier molecular flexibility index (Phi) is 26.5. The van der Waals surface area contributed by atoms with E-state index in [4.69, 9.17) is 6.58 Å². The number of allylic oxidation sites excluding steroid dienone is 5. The number of rotatable bonds is 4. The molecule has 0 spiro atoms. The Morgan fingerprint density at radius 3 is 0.872 bits per heavy atom. The predicted molar refractivity (Wildman–Crippen MR) is 166 cm³/mol. The van der Waals surface area contributed by atoms with E-state index in [1.165, 1.54) is 42.5 Å². The van der Waals surface area contributed by atoms with Crippen molar-refractivity contribution in [1.29, 1.82) is 0 Å². The molecule has 0 aliphatic rings. The van der Waals surface area contributed by atoms with Gasteiger partial charge >= 0.3 is 21.7 Å². The summed E-state index contributed by atoms with van der Waals surface area (Å²) >= 11 is 0. The zero-order valence-electron chi connectivity index (χ0n) is 24.5. The zero-order valence-corrected chi connectivity index (χ0v) is 28.1. The first-order valence-electron chi connectivity index (χ1n) is 12.5. The molecule has 39 heavy (non-hydrogen) atoms. The number of benzene rings is 3. The average Bonchev–Trinajstić information content (AvgIpc) is 2.84. The largest absolute Gasteiger partial charge is 4.00 e. The summed E-state index contributed by atoms with van der Waals surface area (Å²) in [7, 11) is -1.94. The van der Waals surface area contributed by atoms with Crippen molar-refractivity contribution < 1.29 is 37.0 Å². The Balaban J connectivity index is -0.000000425. The van der Waals surface area contributed by atoms with Gasteiger partial charge in [0.25, 0.3) is 0 Å². The SMILES string of the molecule is C[Si](C)(C)C=CC=C[Si](C)(C)C.[CH-]=CC=CC.[O-]c1ccccc1.[O-]c1ccccc1.[O-]c1ccccc1.[Ti+4]. The van der Waals surface area contributed by atoms with Gasteiger partial charge in [0.15, 0.2) is 0 Å². The van der Waals surface area contributed by atoms with Crippen molar-refractivity contribution in [2.24, 2.45) is 0 Å². The summed E-state index contributed by atoms with van der Waals surface area (Å²) in [5, 5.41) is 30.8. The van der Waals surface area contributed by atoms with Crippen molar-refractivity contribution in [3.63, 3.8) is 0 Å². The fourth-order valence-corrected chi connectivity index (χ4v) is 3.44. The van der Waals surface area contributed by atoms with E-state index in [0.717, 1.165) is 0 Å². The van der Waals surface area contributed by atoms with Gasteiger partial charge in [-0.05, 0) is 0 Å². The molecule has 0 amide bonds. The van der Waals surface area contributed by atoms with Crippen LogP contribution < -0.4 is 15.3 Å². The van der Waals surface area contributed by atoms with Crippen LogP contribution in [-0.4, -0.2) is 16.1 Å². The second kappa shape index (κ2) is 25.4. The molecule has 6 heteroatoms. The fourth-order valence-electron chi connectivity index (χ4n) is 2.06. The third kappa shape index (κ3) is 37.4. The summed E-state index contributed by atoms with van der Waals surface area (Å²) < 4.78 is 0. The maximum absolute atomic E-state index is 10.3. The van der Waals surface area contributed by atoms with Gasteiger partial charge in [-0.1, -0.05) is 161 Å². The fraction of sp³-hybridized carbons (Fsp3) is 0.212. The van der Waals surface area contributed by atoms with Gasteiger partial charge in [-0.25, -0.2) is 12.2 Å². The van der Waals surface area contributed by atoms with Crippen LogP contribution in [0.4, 0.5) is 0 Å². The maximum atomic E-state index is 10.3. The second-order valence-electron chi connectivity index (χ2n) is 10.1. The molecule has 0 radical (unpaired) electrons. The van der Waals surface area contributed by atoms with Gasteiger partial charge in [0.1, 0.15) is 0 Å². The standard InChI is InChI=1S/C10H22Si2.3C6H6O.C5H7.Ti/c1-11(2,3)9-7-8-10-12(4,5)6;3*7-6-4-2-1-3-5-6;1-3-5-4-2;/h7-10H,1-6H3;3*1-5,7H;1,3-5H,2H3;/q;;;;-1;+4/p-3. The van der Waals surface area contributed by atoms with E-state index >= 15 is 0 Å². The normalized spacial score (nSPS) is 10.3. The summed E-state index contributed by atoms with van der Waals surface area (Å²) in [5.41, 5.74) is 4.76. The molecule has 0 aliphatic heterocycles. The van der Waals surface area contributed by atoms with Crippen LogP contribution >= 0.6 is 0 Å².